The van der Waals surface area contributed by atoms with Crippen molar-refractivity contribution in [3.63, 3.8) is 0 Å². The fraction of sp³-hybridized carbons (Fsp3) is 0.480. The predicted octanol–water partition coefficient (Wildman–Crippen LogP) is 4.55. The molecule has 180 valence electrons. The first-order valence-electron chi connectivity index (χ1n) is 11.2. The quantitative estimate of drug-likeness (QED) is 0.422. The van der Waals surface area contributed by atoms with Crippen LogP contribution in [0, 0.1) is 18.7 Å². The fourth-order valence-corrected chi connectivity index (χ4v) is 4.26. The Balaban J connectivity index is 2.16. The lowest BCUT2D eigenvalue weighted by Gasteiger charge is -2.29. The van der Waals surface area contributed by atoms with E-state index in [9.17, 15) is 18.8 Å². The molecule has 0 aliphatic heterocycles. The summed E-state index contributed by atoms with van der Waals surface area (Å²) >= 11 is 1.57. The van der Waals surface area contributed by atoms with Gasteiger partial charge < -0.3 is 14.5 Å². The maximum absolute atomic E-state index is 13.4. The van der Waals surface area contributed by atoms with Gasteiger partial charge in [-0.1, -0.05) is 26.0 Å². The molecule has 8 heteroatoms. The average molecular weight is 477 g/mol. The lowest BCUT2D eigenvalue weighted by atomic mass is 10.1. The van der Waals surface area contributed by atoms with Crippen LogP contribution in [0.4, 0.5) is 4.39 Å². The number of halogens is 1. The number of thiophene rings is 1. The van der Waals surface area contributed by atoms with Crippen LogP contribution in [0.5, 0.6) is 0 Å². The van der Waals surface area contributed by atoms with Gasteiger partial charge in [-0.2, -0.15) is 0 Å². The number of ether oxygens (including phenoxy) is 1. The molecule has 1 heterocycles. The molecule has 0 radical (unpaired) electrons. The molecular weight excluding hydrogens is 443 g/mol. The lowest BCUT2D eigenvalue weighted by molar-refractivity contribution is -0.146. The minimum Gasteiger partial charge on any atom is -0.466 e. The normalized spacial score (nSPS) is 10.8. The Kier molecular flexibility index (Phi) is 10.5. The summed E-state index contributed by atoms with van der Waals surface area (Å²) in [5.74, 6) is -1.04. The Labute approximate surface area is 199 Å². The van der Waals surface area contributed by atoms with Gasteiger partial charge in [0.05, 0.1) is 26.1 Å². The summed E-state index contributed by atoms with van der Waals surface area (Å²) in [6.45, 7) is 8.98. The van der Waals surface area contributed by atoms with Crippen LogP contribution in [0.25, 0.3) is 0 Å². The van der Waals surface area contributed by atoms with Gasteiger partial charge in [-0.3, -0.25) is 14.4 Å². The molecule has 2 rings (SSSR count). The predicted molar refractivity (Wildman–Crippen MR) is 127 cm³/mol. The molecule has 0 fully saturated rings. The van der Waals surface area contributed by atoms with Gasteiger partial charge in [0.25, 0.3) is 0 Å². The van der Waals surface area contributed by atoms with Gasteiger partial charge in [0, 0.05) is 24.4 Å². The number of benzene rings is 1. The monoisotopic (exact) mass is 476 g/mol. The number of carbonyl (C=O) groups excluding carboxylic acids is 3. The van der Waals surface area contributed by atoms with Gasteiger partial charge in [0.15, 0.2) is 0 Å². The summed E-state index contributed by atoms with van der Waals surface area (Å²) in [6, 6.07) is 8.07. The second kappa shape index (κ2) is 13.1. The van der Waals surface area contributed by atoms with Gasteiger partial charge in [-0.05, 0) is 54.5 Å². The molecular formula is C25H33FN2O4S. The standard InChI is InChI=1S/C25H33FN2O4S/c1-5-32-25(31)11-10-23(29)27(14-18(2)3)17-24(30)28(16-22-19(4)12-13-33-22)15-20-6-8-21(26)9-7-20/h6-9,12-13,18H,5,10-11,14-17H2,1-4H3. The van der Waals surface area contributed by atoms with Crippen molar-refractivity contribution < 1.29 is 23.5 Å². The molecule has 0 atom stereocenters. The minimum absolute atomic E-state index is 0.000822. The topological polar surface area (TPSA) is 66.9 Å². The molecule has 0 spiro atoms. The van der Waals surface area contributed by atoms with E-state index in [-0.39, 0.29) is 49.5 Å². The number of carbonyl (C=O) groups is 3. The third-order valence-electron chi connectivity index (χ3n) is 5.05. The van der Waals surface area contributed by atoms with Crippen LogP contribution < -0.4 is 0 Å². The maximum Gasteiger partial charge on any atom is 0.306 e. The fourth-order valence-electron chi connectivity index (χ4n) is 3.34. The molecule has 6 nitrogen and oxygen atoms in total. The molecule has 1 aromatic carbocycles. The first kappa shape index (κ1) is 26.5. The number of aryl methyl sites for hydroxylation is 1. The van der Waals surface area contributed by atoms with Gasteiger partial charge in [0.2, 0.25) is 11.8 Å². The molecule has 0 aliphatic rings. The molecule has 33 heavy (non-hydrogen) atoms. The summed E-state index contributed by atoms with van der Waals surface area (Å²) in [5, 5.41) is 1.98. The number of rotatable bonds is 12. The lowest BCUT2D eigenvalue weighted by Crippen LogP contribution is -2.44. The smallest absolute Gasteiger partial charge is 0.306 e. The second-order valence-electron chi connectivity index (χ2n) is 8.38. The highest BCUT2D eigenvalue weighted by Crippen LogP contribution is 2.20. The highest BCUT2D eigenvalue weighted by atomic mass is 32.1. The molecule has 0 unspecified atom stereocenters. The van der Waals surface area contributed by atoms with E-state index < -0.39 is 5.97 Å². The second-order valence-corrected chi connectivity index (χ2v) is 9.38. The van der Waals surface area contributed by atoms with Crippen LogP contribution in [0.1, 0.15) is 49.6 Å². The zero-order valence-electron chi connectivity index (χ0n) is 19.8. The first-order valence-corrected chi connectivity index (χ1v) is 12.1. The number of nitrogens with zero attached hydrogens (tertiary/aromatic N) is 2. The molecule has 0 aliphatic carbocycles. The summed E-state index contributed by atoms with van der Waals surface area (Å²) < 4.78 is 18.3. The highest BCUT2D eigenvalue weighted by molar-refractivity contribution is 7.10. The summed E-state index contributed by atoms with van der Waals surface area (Å²) in [5.41, 5.74) is 1.91. The Hall–Kier alpha value is -2.74. The van der Waals surface area contributed by atoms with Gasteiger partial charge in [0.1, 0.15) is 5.82 Å². The van der Waals surface area contributed by atoms with Crippen molar-refractivity contribution in [1.29, 1.82) is 0 Å². The van der Waals surface area contributed by atoms with Gasteiger partial charge in [-0.25, -0.2) is 4.39 Å². The molecule has 2 aromatic rings. The van der Waals surface area contributed by atoms with Gasteiger partial charge >= 0.3 is 5.97 Å². The number of hydrogen-bond donors (Lipinski definition) is 0. The Bertz CT molecular complexity index is 927. The molecule has 2 amide bonds. The van der Waals surface area contributed by atoms with Crippen molar-refractivity contribution in [3.05, 3.63) is 57.5 Å². The van der Waals surface area contributed by atoms with E-state index in [2.05, 4.69) is 0 Å². The summed E-state index contributed by atoms with van der Waals surface area (Å²) in [6.07, 6.45) is -0.00995. The van der Waals surface area contributed by atoms with Gasteiger partial charge in [-0.15, -0.1) is 11.3 Å². The SMILES string of the molecule is CCOC(=O)CCC(=O)N(CC(=O)N(Cc1ccc(F)cc1)Cc1sccc1C)CC(C)C. The minimum atomic E-state index is -0.423. The molecule has 0 saturated heterocycles. The zero-order chi connectivity index (χ0) is 24.4. The number of esters is 1. The number of amides is 2. The molecule has 0 bridgehead atoms. The van der Waals surface area contributed by atoms with Crippen molar-refractivity contribution >= 4 is 29.1 Å². The van der Waals surface area contributed by atoms with E-state index in [0.29, 0.717) is 19.6 Å². The number of hydrogen-bond acceptors (Lipinski definition) is 5. The van der Waals surface area contributed by atoms with E-state index >= 15 is 0 Å². The van der Waals surface area contributed by atoms with E-state index in [1.54, 1.807) is 35.3 Å². The Morgan fingerprint density at radius 3 is 2.27 bits per heavy atom. The van der Waals surface area contributed by atoms with Crippen molar-refractivity contribution in [1.82, 2.24) is 9.80 Å². The van der Waals surface area contributed by atoms with Crippen molar-refractivity contribution in [3.8, 4) is 0 Å². The van der Waals surface area contributed by atoms with E-state index in [0.717, 1.165) is 16.0 Å². The van der Waals surface area contributed by atoms with Crippen molar-refractivity contribution in [2.45, 2.75) is 53.6 Å². The van der Waals surface area contributed by atoms with E-state index in [1.165, 1.54) is 17.0 Å². The van der Waals surface area contributed by atoms with E-state index in [4.69, 9.17) is 4.74 Å². The van der Waals surface area contributed by atoms with Crippen LogP contribution in [-0.2, 0) is 32.2 Å². The van der Waals surface area contributed by atoms with Crippen LogP contribution >= 0.6 is 11.3 Å². The highest BCUT2D eigenvalue weighted by Gasteiger charge is 2.24. The van der Waals surface area contributed by atoms with Crippen LogP contribution in [0.3, 0.4) is 0 Å². The van der Waals surface area contributed by atoms with Crippen molar-refractivity contribution in [2.75, 3.05) is 19.7 Å². The van der Waals surface area contributed by atoms with Crippen LogP contribution in [-0.4, -0.2) is 47.3 Å². The Morgan fingerprint density at radius 1 is 1.00 bits per heavy atom. The molecule has 1 aromatic heterocycles. The maximum atomic E-state index is 13.4. The first-order chi connectivity index (χ1) is 15.7. The summed E-state index contributed by atoms with van der Waals surface area (Å²) in [7, 11) is 0. The Morgan fingerprint density at radius 2 is 1.70 bits per heavy atom. The third-order valence-corrected chi connectivity index (χ3v) is 6.06. The average Bonchev–Trinajstić information content (AvgIpc) is 3.16. The van der Waals surface area contributed by atoms with Crippen LogP contribution in [0.2, 0.25) is 0 Å². The van der Waals surface area contributed by atoms with Crippen molar-refractivity contribution in [2.24, 2.45) is 5.92 Å². The zero-order valence-corrected chi connectivity index (χ0v) is 20.6. The molecule has 0 N–H and O–H groups in total. The largest absolute Gasteiger partial charge is 0.466 e. The molecule has 0 saturated carbocycles. The van der Waals surface area contributed by atoms with Crippen LogP contribution in [0.15, 0.2) is 35.7 Å². The summed E-state index contributed by atoms with van der Waals surface area (Å²) in [4.78, 5) is 42.1. The van der Waals surface area contributed by atoms with E-state index in [1.807, 2.05) is 32.2 Å². The third kappa shape index (κ3) is 8.96.